The van der Waals surface area contributed by atoms with Crippen LogP contribution in [0.15, 0.2) is 28.9 Å². The average Bonchev–Trinajstić information content (AvgIpc) is 2.62. The lowest BCUT2D eigenvalue weighted by molar-refractivity contribution is -0.136. The molecule has 0 amide bonds. The first-order valence-corrected chi connectivity index (χ1v) is 5.54. The molecule has 0 atom stereocenters. The molecule has 0 saturated heterocycles. The van der Waals surface area contributed by atoms with Gasteiger partial charge in [-0.15, -0.1) is 0 Å². The Morgan fingerprint density at radius 1 is 1.33 bits per heavy atom. The zero-order valence-electron chi connectivity index (χ0n) is 10.2. The molecule has 0 unspecified atom stereocenters. The number of carbonyl (C=O) groups is 1. The first kappa shape index (κ1) is 12.2. The number of benzene rings is 1. The topological polar surface area (TPSA) is 75.4 Å². The molecule has 1 aromatic carbocycles. The number of anilines is 2. The first-order valence-electron chi connectivity index (χ1n) is 5.54. The molecule has 0 spiro atoms. The van der Waals surface area contributed by atoms with Crippen LogP contribution in [0.25, 0.3) is 0 Å². The van der Waals surface area contributed by atoms with Crippen molar-refractivity contribution in [2.24, 2.45) is 0 Å². The molecular weight excluding hydrogens is 232 g/mol. The zero-order valence-corrected chi connectivity index (χ0v) is 10.2. The van der Waals surface area contributed by atoms with E-state index >= 15 is 0 Å². The molecule has 5 nitrogen and oxygen atoms in total. The van der Waals surface area contributed by atoms with Crippen LogP contribution in [0.4, 0.5) is 11.7 Å². The number of aryl methyl sites for hydroxylation is 2. The molecule has 5 heteroatoms. The van der Waals surface area contributed by atoms with Gasteiger partial charge >= 0.3 is 5.97 Å². The monoisotopic (exact) mass is 246 g/mol. The van der Waals surface area contributed by atoms with E-state index in [4.69, 9.17) is 9.52 Å². The van der Waals surface area contributed by atoms with Crippen LogP contribution in [-0.4, -0.2) is 16.1 Å². The molecule has 18 heavy (non-hydrogen) atoms. The summed E-state index contributed by atoms with van der Waals surface area (Å²) in [6, 6.07) is 6.30. The van der Waals surface area contributed by atoms with Gasteiger partial charge in [0.1, 0.15) is 6.26 Å². The summed E-state index contributed by atoms with van der Waals surface area (Å²) in [6.45, 7) is 4.01. The van der Waals surface area contributed by atoms with E-state index in [2.05, 4.69) is 16.4 Å². The summed E-state index contributed by atoms with van der Waals surface area (Å²) in [5.41, 5.74) is 3.54. The third-order valence-corrected chi connectivity index (χ3v) is 2.36. The number of aromatic nitrogens is 1. The molecule has 0 saturated carbocycles. The lowest BCUT2D eigenvalue weighted by atomic mass is 10.1. The van der Waals surface area contributed by atoms with E-state index in [1.807, 2.05) is 26.0 Å². The lowest BCUT2D eigenvalue weighted by Crippen LogP contribution is -2.00. The molecule has 0 aliphatic rings. The maximum Gasteiger partial charge on any atom is 0.309 e. The Labute approximate surface area is 104 Å². The van der Waals surface area contributed by atoms with Crippen molar-refractivity contribution in [3.8, 4) is 0 Å². The third-order valence-electron chi connectivity index (χ3n) is 2.36. The van der Waals surface area contributed by atoms with Crippen LogP contribution in [0.2, 0.25) is 0 Å². The maximum absolute atomic E-state index is 10.5. The van der Waals surface area contributed by atoms with Crippen molar-refractivity contribution in [2.45, 2.75) is 20.3 Å². The van der Waals surface area contributed by atoms with Gasteiger partial charge in [-0.2, -0.15) is 4.98 Å². The van der Waals surface area contributed by atoms with Crippen molar-refractivity contribution in [2.75, 3.05) is 5.32 Å². The molecule has 2 rings (SSSR count). The number of hydrogen-bond donors (Lipinski definition) is 2. The quantitative estimate of drug-likeness (QED) is 0.867. The predicted octanol–water partition coefficient (Wildman–Crippen LogP) is 2.66. The second-order valence-corrected chi connectivity index (χ2v) is 4.22. The van der Waals surface area contributed by atoms with Gasteiger partial charge in [0.25, 0.3) is 6.01 Å². The molecule has 0 aliphatic carbocycles. The Balaban J connectivity index is 2.13. The van der Waals surface area contributed by atoms with Crippen molar-refractivity contribution < 1.29 is 14.3 Å². The Morgan fingerprint density at radius 2 is 2.00 bits per heavy atom. The largest absolute Gasteiger partial charge is 0.481 e. The highest BCUT2D eigenvalue weighted by molar-refractivity contribution is 5.69. The summed E-state index contributed by atoms with van der Waals surface area (Å²) in [5.74, 6) is -0.929. The van der Waals surface area contributed by atoms with E-state index in [9.17, 15) is 4.79 Å². The van der Waals surface area contributed by atoms with Crippen molar-refractivity contribution in [3.63, 3.8) is 0 Å². The lowest BCUT2D eigenvalue weighted by Gasteiger charge is -2.04. The van der Waals surface area contributed by atoms with Gasteiger partial charge in [0.2, 0.25) is 0 Å². The van der Waals surface area contributed by atoms with Gasteiger partial charge in [0, 0.05) is 5.69 Å². The van der Waals surface area contributed by atoms with Crippen LogP contribution in [0, 0.1) is 13.8 Å². The van der Waals surface area contributed by atoms with Crippen LogP contribution >= 0.6 is 0 Å². The van der Waals surface area contributed by atoms with Crippen molar-refractivity contribution in [3.05, 3.63) is 41.3 Å². The van der Waals surface area contributed by atoms with Gasteiger partial charge in [-0.3, -0.25) is 4.79 Å². The van der Waals surface area contributed by atoms with Gasteiger partial charge in [-0.05, 0) is 37.1 Å². The summed E-state index contributed by atoms with van der Waals surface area (Å²) in [7, 11) is 0. The van der Waals surface area contributed by atoms with Gasteiger partial charge in [-0.1, -0.05) is 6.07 Å². The van der Waals surface area contributed by atoms with Crippen molar-refractivity contribution in [1.82, 2.24) is 4.98 Å². The fraction of sp³-hybridized carbons (Fsp3) is 0.231. The van der Waals surface area contributed by atoms with E-state index in [-0.39, 0.29) is 6.42 Å². The summed E-state index contributed by atoms with van der Waals surface area (Å²) < 4.78 is 5.16. The van der Waals surface area contributed by atoms with E-state index in [0.29, 0.717) is 11.7 Å². The predicted molar refractivity (Wildman–Crippen MR) is 67.0 cm³/mol. The number of rotatable bonds is 4. The Morgan fingerprint density at radius 3 is 2.61 bits per heavy atom. The Kier molecular flexibility index (Phi) is 3.32. The van der Waals surface area contributed by atoms with Crippen LogP contribution < -0.4 is 5.32 Å². The van der Waals surface area contributed by atoms with Crippen LogP contribution in [0.3, 0.4) is 0 Å². The van der Waals surface area contributed by atoms with E-state index in [1.165, 1.54) is 6.26 Å². The minimum Gasteiger partial charge on any atom is -0.481 e. The third kappa shape index (κ3) is 3.10. The van der Waals surface area contributed by atoms with Gasteiger partial charge < -0.3 is 14.8 Å². The number of nitrogens with one attached hydrogen (secondary N) is 1. The molecule has 0 fully saturated rings. The normalized spacial score (nSPS) is 10.3. The Hall–Kier alpha value is -2.30. The highest BCUT2D eigenvalue weighted by atomic mass is 16.4. The van der Waals surface area contributed by atoms with Gasteiger partial charge in [0.05, 0.1) is 12.1 Å². The molecule has 94 valence electrons. The highest BCUT2D eigenvalue weighted by Crippen LogP contribution is 2.19. The number of carboxylic acid groups (broad SMARTS) is 1. The van der Waals surface area contributed by atoms with E-state index in [1.54, 1.807) is 0 Å². The molecule has 0 bridgehead atoms. The molecule has 1 aromatic heterocycles. The number of carboxylic acids is 1. The SMILES string of the molecule is Cc1cc(C)cc(Nc2nc(CC(=O)O)co2)c1. The fourth-order valence-corrected chi connectivity index (χ4v) is 1.77. The van der Waals surface area contributed by atoms with E-state index in [0.717, 1.165) is 16.8 Å². The molecular formula is C13H14N2O3. The smallest absolute Gasteiger partial charge is 0.309 e. The molecule has 0 aliphatic heterocycles. The second kappa shape index (κ2) is 4.91. The van der Waals surface area contributed by atoms with Crippen molar-refractivity contribution in [1.29, 1.82) is 0 Å². The molecule has 2 aromatic rings. The molecule has 1 heterocycles. The van der Waals surface area contributed by atoms with Crippen LogP contribution in [0.5, 0.6) is 0 Å². The molecule has 2 N–H and O–H groups in total. The number of nitrogens with zero attached hydrogens (tertiary/aromatic N) is 1. The minimum absolute atomic E-state index is 0.141. The first-order chi connectivity index (χ1) is 8.52. The number of aliphatic carboxylic acids is 1. The number of oxazole rings is 1. The molecule has 0 radical (unpaired) electrons. The standard InChI is InChI=1S/C13H14N2O3/c1-8-3-9(2)5-10(4-8)14-13-15-11(7-18-13)6-12(16)17/h3-5,7H,6H2,1-2H3,(H,14,15)(H,16,17). The van der Waals surface area contributed by atoms with Crippen LogP contribution in [-0.2, 0) is 11.2 Å². The fourth-order valence-electron chi connectivity index (χ4n) is 1.77. The zero-order chi connectivity index (χ0) is 13.1. The van der Waals surface area contributed by atoms with Gasteiger partial charge in [0.15, 0.2) is 0 Å². The van der Waals surface area contributed by atoms with Crippen molar-refractivity contribution >= 4 is 17.7 Å². The second-order valence-electron chi connectivity index (χ2n) is 4.22. The summed E-state index contributed by atoms with van der Waals surface area (Å²) in [5, 5.41) is 11.6. The van der Waals surface area contributed by atoms with Crippen LogP contribution in [0.1, 0.15) is 16.8 Å². The average molecular weight is 246 g/mol. The highest BCUT2D eigenvalue weighted by Gasteiger charge is 2.08. The summed E-state index contributed by atoms with van der Waals surface area (Å²) in [4.78, 5) is 14.6. The minimum atomic E-state index is -0.929. The maximum atomic E-state index is 10.5. The summed E-state index contributed by atoms with van der Waals surface area (Å²) in [6.07, 6.45) is 1.21. The van der Waals surface area contributed by atoms with E-state index < -0.39 is 5.97 Å². The number of hydrogen-bond acceptors (Lipinski definition) is 4. The summed E-state index contributed by atoms with van der Waals surface area (Å²) >= 11 is 0. The van der Waals surface area contributed by atoms with Gasteiger partial charge in [-0.25, -0.2) is 0 Å². The Bertz CT molecular complexity index is 555.